The highest BCUT2D eigenvalue weighted by Crippen LogP contribution is 2.34. The molecule has 0 saturated heterocycles. The highest BCUT2D eigenvalue weighted by Gasteiger charge is 2.35. The van der Waals surface area contributed by atoms with Crippen molar-refractivity contribution in [2.45, 2.75) is 58.2 Å². The Bertz CT molecular complexity index is 1090. The van der Waals surface area contributed by atoms with E-state index < -0.39 is 0 Å². The first kappa shape index (κ1) is 32.7. The monoisotopic (exact) mass is 550 g/mol. The molecule has 0 spiro atoms. The second kappa shape index (κ2) is 16.6. The zero-order chi connectivity index (χ0) is 29.7. The van der Waals surface area contributed by atoms with Crippen LogP contribution in [0.4, 0.5) is 5.69 Å². The lowest BCUT2D eigenvalue weighted by atomic mass is 9.89. The predicted molar refractivity (Wildman–Crippen MR) is 161 cm³/mol. The molecule has 0 saturated carbocycles. The smallest absolute Gasteiger partial charge is 0.290 e. The van der Waals surface area contributed by atoms with E-state index in [0.29, 0.717) is 19.0 Å². The Balaban J connectivity index is 0.00000178. The maximum atomic E-state index is 12.6. The molecule has 3 N–H and O–H groups in total. The summed E-state index contributed by atoms with van der Waals surface area (Å²) in [5.74, 6) is 0.510. The quantitative estimate of drug-likeness (QED) is 0.303. The molecule has 1 amide bonds. The van der Waals surface area contributed by atoms with E-state index >= 15 is 0 Å². The number of carbonyl (C=O) groups is 3. The number of fused-ring (bicyclic) bond motifs is 1. The van der Waals surface area contributed by atoms with Crippen LogP contribution in [0.15, 0.2) is 60.8 Å². The van der Waals surface area contributed by atoms with Crippen LogP contribution in [0.3, 0.4) is 0 Å². The van der Waals surface area contributed by atoms with Gasteiger partial charge in [-0.2, -0.15) is 0 Å². The van der Waals surface area contributed by atoms with Crippen molar-refractivity contribution in [3.05, 3.63) is 77.5 Å². The third kappa shape index (κ3) is 8.76. The first-order valence-electron chi connectivity index (χ1n) is 14.0. The molecule has 0 aliphatic heterocycles. The Labute approximate surface area is 239 Å². The van der Waals surface area contributed by atoms with Crippen molar-refractivity contribution >= 4 is 24.4 Å². The Morgan fingerprint density at radius 1 is 1.05 bits per heavy atom. The van der Waals surface area contributed by atoms with Gasteiger partial charge in [-0.25, -0.2) is 0 Å². The molecule has 0 fully saturated rings. The molecule has 2 atom stereocenters. The third-order valence-corrected chi connectivity index (χ3v) is 7.72. The van der Waals surface area contributed by atoms with Crippen LogP contribution in [0.5, 0.6) is 0 Å². The summed E-state index contributed by atoms with van der Waals surface area (Å²) in [6, 6.07) is 16.2. The Hall–Kier alpha value is -3.49. The molecule has 2 aromatic carbocycles. The van der Waals surface area contributed by atoms with Crippen LogP contribution < -0.4 is 10.6 Å². The zero-order valence-electron chi connectivity index (χ0n) is 24.6. The van der Waals surface area contributed by atoms with Gasteiger partial charge in [-0.15, -0.1) is 0 Å². The molecule has 8 heteroatoms. The van der Waals surface area contributed by atoms with Gasteiger partial charge in [-0.1, -0.05) is 75.7 Å². The van der Waals surface area contributed by atoms with Crippen LogP contribution in [0.1, 0.15) is 43.4 Å². The molecule has 218 valence electrons. The van der Waals surface area contributed by atoms with Crippen molar-refractivity contribution < 1.29 is 19.5 Å². The molecular formula is C32H46N4O4. The van der Waals surface area contributed by atoms with Crippen molar-refractivity contribution in [2.24, 2.45) is 11.8 Å². The number of anilines is 1. The standard InChI is InChI=1S/C31H44N4O2.CH2O2/c1-7-23(8-2)29(21-36)35(19-26-15-11-12-16-28(26)33-30(37)20-34(5)6)22(3)31(32-4)27-17-24-13-9-10-14-25(24)18-27;2-1-3/h9-16,21,23,27,29,31-32H,3,7-8,17-20H2,1-2,4-6H3,(H,33,37);1H,(H,2,3)/t29-,31?;/m0./s1. The number of carbonyl (C=O) groups excluding carboxylic acids is 2. The number of hydrogen-bond acceptors (Lipinski definition) is 6. The molecule has 1 aliphatic carbocycles. The first-order valence-corrected chi connectivity index (χ1v) is 14.0. The van der Waals surface area contributed by atoms with E-state index in [9.17, 15) is 9.59 Å². The van der Waals surface area contributed by atoms with Gasteiger partial charge >= 0.3 is 0 Å². The second-order valence-corrected chi connectivity index (χ2v) is 10.6. The fourth-order valence-corrected chi connectivity index (χ4v) is 5.73. The summed E-state index contributed by atoms with van der Waals surface area (Å²) >= 11 is 0. The van der Waals surface area contributed by atoms with E-state index in [-0.39, 0.29) is 30.4 Å². The van der Waals surface area contributed by atoms with Gasteiger partial charge < -0.3 is 30.3 Å². The second-order valence-electron chi connectivity index (χ2n) is 10.6. The Kier molecular flexibility index (Phi) is 13.6. The molecule has 2 aromatic rings. The third-order valence-electron chi connectivity index (χ3n) is 7.72. The van der Waals surface area contributed by atoms with Gasteiger partial charge in [0, 0.05) is 24.0 Å². The summed E-state index contributed by atoms with van der Waals surface area (Å²) < 4.78 is 0. The molecule has 1 unspecified atom stereocenters. The van der Waals surface area contributed by atoms with E-state index in [1.807, 2.05) is 50.3 Å². The molecule has 3 rings (SSSR count). The highest BCUT2D eigenvalue weighted by atomic mass is 16.3. The number of hydrogen-bond donors (Lipinski definition) is 3. The number of nitrogens with zero attached hydrogens (tertiary/aromatic N) is 2. The average Bonchev–Trinajstić information content (AvgIpc) is 3.35. The number of carboxylic acid groups (broad SMARTS) is 1. The minimum Gasteiger partial charge on any atom is -0.483 e. The molecule has 0 aromatic heterocycles. The van der Waals surface area contributed by atoms with E-state index in [0.717, 1.165) is 48.9 Å². The lowest BCUT2D eigenvalue weighted by molar-refractivity contribution is -0.123. The minimum absolute atomic E-state index is 0.0275. The summed E-state index contributed by atoms with van der Waals surface area (Å²) in [4.78, 5) is 37.6. The van der Waals surface area contributed by atoms with Gasteiger partial charge in [-0.05, 0) is 68.6 Å². The van der Waals surface area contributed by atoms with Crippen molar-refractivity contribution in [3.8, 4) is 0 Å². The van der Waals surface area contributed by atoms with Crippen molar-refractivity contribution in [1.82, 2.24) is 15.1 Å². The average molecular weight is 551 g/mol. The van der Waals surface area contributed by atoms with Crippen molar-refractivity contribution in [1.29, 1.82) is 0 Å². The molecule has 0 heterocycles. The fraction of sp³-hybridized carbons (Fsp3) is 0.469. The molecular weight excluding hydrogens is 504 g/mol. The number of para-hydroxylation sites is 1. The first-order chi connectivity index (χ1) is 19.2. The normalized spacial score (nSPS) is 14.1. The van der Waals surface area contributed by atoms with Crippen molar-refractivity contribution in [2.75, 3.05) is 33.0 Å². The van der Waals surface area contributed by atoms with E-state index in [1.54, 1.807) is 0 Å². The number of rotatable bonds is 14. The van der Waals surface area contributed by atoms with Crippen LogP contribution in [-0.2, 0) is 33.8 Å². The summed E-state index contributed by atoms with van der Waals surface area (Å²) in [5.41, 5.74) is 5.47. The van der Waals surface area contributed by atoms with Crippen LogP contribution in [-0.4, -0.2) is 73.3 Å². The predicted octanol–water partition coefficient (Wildman–Crippen LogP) is 4.21. The lowest BCUT2D eigenvalue weighted by Gasteiger charge is -2.40. The summed E-state index contributed by atoms with van der Waals surface area (Å²) in [6.07, 6.45) is 4.88. The van der Waals surface area contributed by atoms with Crippen LogP contribution in [0.25, 0.3) is 0 Å². The number of aldehydes is 1. The molecule has 0 bridgehead atoms. The van der Waals surface area contributed by atoms with Crippen LogP contribution in [0, 0.1) is 11.8 Å². The van der Waals surface area contributed by atoms with E-state index in [2.05, 4.69) is 60.2 Å². The van der Waals surface area contributed by atoms with Gasteiger partial charge in [0.1, 0.15) is 6.29 Å². The largest absolute Gasteiger partial charge is 0.483 e. The Morgan fingerprint density at radius 3 is 2.10 bits per heavy atom. The van der Waals surface area contributed by atoms with E-state index in [1.165, 1.54) is 11.1 Å². The number of amides is 1. The summed E-state index contributed by atoms with van der Waals surface area (Å²) in [6.45, 7) is 9.43. The molecule has 40 heavy (non-hydrogen) atoms. The zero-order valence-corrected chi connectivity index (χ0v) is 24.6. The van der Waals surface area contributed by atoms with Crippen molar-refractivity contribution in [3.63, 3.8) is 0 Å². The molecule has 1 aliphatic rings. The van der Waals surface area contributed by atoms with Gasteiger partial charge in [-0.3, -0.25) is 9.59 Å². The van der Waals surface area contributed by atoms with Gasteiger partial charge in [0.15, 0.2) is 0 Å². The SMILES string of the molecule is C=C(C(NC)C1Cc2ccccc2C1)N(Cc1ccccc1NC(=O)CN(C)C)[C@@H](C=O)C(CC)CC.O=CO. The van der Waals surface area contributed by atoms with Gasteiger partial charge in [0.25, 0.3) is 6.47 Å². The number of nitrogens with one attached hydrogen (secondary N) is 2. The maximum Gasteiger partial charge on any atom is 0.290 e. The highest BCUT2D eigenvalue weighted by molar-refractivity contribution is 5.93. The van der Waals surface area contributed by atoms with Gasteiger partial charge in [0.2, 0.25) is 5.91 Å². The fourth-order valence-electron chi connectivity index (χ4n) is 5.73. The molecule has 8 nitrogen and oxygen atoms in total. The number of likely N-dealkylation sites (N-methyl/N-ethyl adjacent to an activating group) is 2. The maximum absolute atomic E-state index is 12.6. The minimum atomic E-state index is -0.298. The lowest BCUT2D eigenvalue weighted by Crippen LogP contribution is -2.48. The molecule has 0 radical (unpaired) electrons. The van der Waals surface area contributed by atoms with Crippen LogP contribution >= 0.6 is 0 Å². The number of benzene rings is 2. The summed E-state index contributed by atoms with van der Waals surface area (Å²) in [7, 11) is 5.74. The van der Waals surface area contributed by atoms with E-state index in [4.69, 9.17) is 9.90 Å². The van der Waals surface area contributed by atoms with Crippen LogP contribution in [0.2, 0.25) is 0 Å². The topological polar surface area (TPSA) is 102 Å². The summed E-state index contributed by atoms with van der Waals surface area (Å²) in [5, 5.41) is 13.5. The van der Waals surface area contributed by atoms with Gasteiger partial charge in [0.05, 0.1) is 12.6 Å². The Morgan fingerprint density at radius 2 is 1.60 bits per heavy atom.